The molecule has 1 N–H and O–H groups in total. The van der Waals surface area contributed by atoms with Crippen LogP contribution in [0, 0.1) is 5.82 Å². The minimum Gasteiger partial charge on any atom is -0.454 e. The molecule has 0 saturated carbocycles. The molecule has 1 fully saturated rings. The predicted octanol–water partition coefficient (Wildman–Crippen LogP) is 5.86. The molecule has 2 aliphatic rings. The average molecular weight is 542 g/mol. The third-order valence-corrected chi connectivity index (χ3v) is 6.57. The maximum Gasteiger partial charge on any atom is 0.420 e. The Morgan fingerprint density at radius 3 is 2.64 bits per heavy atom. The van der Waals surface area contributed by atoms with Crippen LogP contribution < -0.4 is 10.1 Å². The number of amidine groups is 1. The van der Waals surface area contributed by atoms with Crippen LogP contribution in [0.4, 0.5) is 17.6 Å². The lowest BCUT2D eigenvalue weighted by Gasteiger charge is -2.15. The summed E-state index contributed by atoms with van der Waals surface area (Å²) < 4.78 is 59.6. The highest BCUT2D eigenvalue weighted by molar-refractivity contribution is 8.18. The molecular formula is C24H20ClF4N3O3S. The number of carbonyl (C=O) groups is 2. The van der Waals surface area contributed by atoms with Crippen molar-refractivity contribution in [3.63, 3.8) is 0 Å². The molecule has 0 atom stereocenters. The third-order valence-electron chi connectivity index (χ3n) is 5.39. The summed E-state index contributed by atoms with van der Waals surface area (Å²) in [5.74, 6) is -2.24. The molecule has 2 amide bonds. The number of alkyl halides is 3. The van der Waals surface area contributed by atoms with Crippen molar-refractivity contribution in [2.24, 2.45) is 4.99 Å². The standard InChI is InChI=1S/C24H20ClF4N3O3S/c25-15-5-7-18(16(13-15)24(27,28)29)35-19-6-4-14(11-17(19)26)12-20-22(34)31-23(36-20)30-8-2-10-32-9-1-3-21(32)33/h4-7,11-13H,1-3,8-10H2,(H,30,31,34)/b20-12-. The Balaban J connectivity index is 1.37. The van der Waals surface area contributed by atoms with Crippen LogP contribution in [-0.4, -0.2) is 41.5 Å². The minimum atomic E-state index is -4.74. The van der Waals surface area contributed by atoms with Crippen molar-refractivity contribution in [1.82, 2.24) is 10.2 Å². The number of ether oxygens (including phenoxy) is 1. The summed E-state index contributed by atoms with van der Waals surface area (Å²) >= 11 is 6.75. The van der Waals surface area contributed by atoms with Gasteiger partial charge in [-0.05, 0) is 66.6 Å². The van der Waals surface area contributed by atoms with Crippen LogP contribution in [0.3, 0.4) is 0 Å². The zero-order chi connectivity index (χ0) is 25.9. The number of thioether (sulfide) groups is 1. The Hall–Kier alpha value is -3.05. The van der Waals surface area contributed by atoms with Gasteiger partial charge in [0.2, 0.25) is 5.91 Å². The van der Waals surface area contributed by atoms with E-state index in [2.05, 4.69) is 10.3 Å². The molecule has 0 unspecified atom stereocenters. The highest BCUT2D eigenvalue weighted by Gasteiger charge is 2.35. The summed E-state index contributed by atoms with van der Waals surface area (Å²) in [5.41, 5.74) is -0.815. The maximum absolute atomic E-state index is 14.6. The highest BCUT2D eigenvalue weighted by Crippen LogP contribution is 2.40. The number of hydrogen-bond acceptors (Lipinski definition) is 5. The van der Waals surface area contributed by atoms with E-state index in [1.807, 2.05) is 0 Å². The Bertz CT molecular complexity index is 1250. The van der Waals surface area contributed by atoms with Gasteiger partial charge in [-0.2, -0.15) is 18.2 Å². The Kier molecular flexibility index (Phi) is 7.89. The molecule has 4 rings (SSSR count). The SMILES string of the molecule is O=C1N=C(NCCCN2CCCC2=O)S/C1=C\c1ccc(Oc2ccc(Cl)cc2C(F)(F)F)c(F)c1. The molecule has 2 heterocycles. The van der Waals surface area contributed by atoms with Crippen LogP contribution in [0.15, 0.2) is 46.3 Å². The summed E-state index contributed by atoms with van der Waals surface area (Å²) in [6, 6.07) is 6.58. The average Bonchev–Trinajstić information content (AvgIpc) is 3.38. The van der Waals surface area contributed by atoms with E-state index in [-0.39, 0.29) is 15.8 Å². The summed E-state index contributed by atoms with van der Waals surface area (Å²) in [7, 11) is 0. The smallest absolute Gasteiger partial charge is 0.420 e. The first-order chi connectivity index (χ1) is 17.1. The number of benzene rings is 2. The predicted molar refractivity (Wildman–Crippen MR) is 129 cm³/mol. The summed E-state index contributed by atoms with van der Waals surface area (Å²) in [6.07, 6.45) is -1.14. The molecule has 1 saturated heterocycles. The number of hydrogen-bond donors (Lipinski definition) is 1. The zero-order valence-electron chi connectivity index (χ0n) is 18.7. The van der Waals surface area contributed by atoms with Crippen LogP contribution in [0.5, 0.6) is 11.5 Å². The fraction of sp³-hybridized carbons (Fsp3) is 0.292. The number of aliphatic imine (C=N–C) groups is 1. The van der Waals surface area contributed by atoms with Crippen molar-refractivity contribution in [3.8, 4) is 11.5 Å². The first-order valence-electron chi connectivity index (χ1n) is 11.0. The molecular weight excluding hydrogens is 522 g/mol. The van der Waals surface area contributed by atoms with Crippen molar-refractivity contribution >= 4 is 46.4 Å². The van der Waals surface area contributed by atoms with Gasteiger partial charge in [0, 0.05) is 31.1 Å². The van der Waals surface area contributed by atoms with E-state index in [1.165, 1.54) is 24.3 Å². The zero-order valence-corrected chi connectivity index (χ0v) is 20.3. The van der Waals surface area contributed by atoms with E-state index in [1.54, 1.807) is 4.90 Å². The lowest BCUT2D eigenvalue weighted by Crippen LogP contribution is -2.29. The van der Waals surface area contributed by atoms with Crippen LogP contribution in [-0.2, 0) is 15.8 Å². The van der Waals surface area contributed by atoms with E-state index in [0.717, 1.165) is 36.9 Å². The van der Waals surface area contributed by atoms with Crippen LogP contribution >= 0.6 is 23.4 Å². The lowest BCUT2D eigenvalue weighted by molar-refractivity contribution is -0.138. The van der Waals surface area contributed by atoms with Gasteiger partial charge in [-0.15, -0.1) is 0 Å². The summed E-state index contributed by atoms with van der Waals surface area (Å²) in [4.78, 5) is 29.8. The van der Waals surface area contributed by atoms with Crippen LogP contribution in [0.2, 0.25) is 5.02 Å². The van der Waals surface area contributed by atoms with Gasteiger partial charge in [-0.1, -0.05) is 17.7 Å². The van der Waals surface area contributed by atoms with E-state index in [4.69, 9.17) is 16.3 Å². The van der Waals surface area contributed by atoms with E-state index in [9.17, 15) is 27.2 Å². The summed E-state index contributed by atoms with van der Waals surface area (Å²) in [6.45, 7) is 1.93. The maximum atomic E-state index is 14.6. The van der Waals surface area contributed by atoms with Crippen LogP contribution in [0.1, 0.15) is 30.4 Å². The quantitative estimate of drug-likeness (QED) is 0.270. The Labute approximate surface area is 213 Å². The van der Waals surface area contributed by atoms with E-state index in [0.29, 0.717) is 42.7 Å². The molecule has 0 aliphatic carbocycles. The third kappa shape index (κ3) is 6.38. The Morgan fingerprint density at radius 2 is 1.94 bits per heavy atom. The number of nitrogens with zero attached hydrogens (tertiary/aromatic N) is 2. The minimum absolute atomic E-state index is 0.131. The number of halogens is 5. The van der Waals surface area contributed by atoms with Crippen molar-refractivity contribution < 1.29 is 31.9 Å². The number of amides is 2. The van der Waals surface area contributed by atoms with Gasteiger partial charge in [-0.3, -0.25) is 9.59 Å². The van der Waals surface area contributed by atoms with Gasteiger partial charge in [0.25, 0.3) is 5.91 Å². The second-order valence-electron chi connectivity index (χ2n) is 8.03. The molecule has 0 radical (unpaired) electrons. The molecule has 2 aromatic rings. The second-order valence-corrected chi connectivity index (χ2v) is 9.49. The fourth-order valence-electron chi connectivity index (χ4n) is 3.66. The van der Waals surface area contributed by atoms with Gasteiger partial charge in [0.1, 0.15) is 5.75 Å². The highest BCUT2D eigenvalue weighted by atomic mass is 35.5. The van der Waals surface area contributed by atoms with Gasteiger partial charge in [-0.25, -0.2) is 4.39 Å². The van der Waals surface area contributed by atoms with Gasteiger partial charge in [0.15, 0.2) is 16.7 Å². The first kappa shape index (κ1) is 26.0. The topological polar surface area (TPSA) is 71.0 Å². The van der Waals surface area contributed by atoms with Crippen molar-refractivity contribution in [2.75, 3.05) is 19.6 Å². The molecule has 6 nitrogen and oxygen atoms in total. The van der Waals surface area contributed by atoms with Gasteiger partial charge < -0.3 is 15.0 Å². The van der Waals surface area contributed by atoms with Crippen molar-refractivity contribution in [2.45, 2.75) is 25.4 Å². The number of likely N-dealkylation sites (tertiary alicyclic amines) is 1. The summed E-state index contributed by atoms with van der Waals surface area (Å²) in [5, 5.41) is 3.33. The number of rotatable bonds is 7. The van der Waals surface area contributed by atoms with Crippen molar-refractivity contribution in [3.05, 3.63) is 63.3 Å². The largest absolute Gasteiger partial charge is 0.454 e. The Morgan fingerprint density at radius 1 is 1.17 bits per heavy atom. The molecule has 12 heteroatoms. The van der Waals surface area contributed by atoms with E-state index >= 15 is 0 Å². The fourth-order valence-corrected chi connectivity index (χ4v) is 4.67. The van der Waals surface area contributed by atoms with Crippen LogP contribution in [0.25, 0.3) is 6.08 Å². The van der Waals surface area contributed by atoms with Gasteiger partial charge >= 0.3 is 6.18 Å². The first-order valence-corrected chi connectivity index (χ1v) is 12.2. The molecule has 0 aromatic heterocycles. The molecule has 36 heavy (non-hydrogen) atoms. The molecule has 190 valence electrons. The van der Waals surface area contributed by atoms with E-state index < -0.39 is 35.0 Å². The molecule has 0 spiro atoms. The van der Waals surface area contributed by atoms with Gasteiger partial charge in [0.05, 0.1) is 10.5 Å². The molecule has 2 aromatic carbocycles. The van der Waals surface area contributed by atoms with Crippen molar-refractivity contribution in [1.29, 1.82) is 0 Å². The lowest BCUT2D eigenvalue weighted by atomic mass is 10.1. The molecule has 2 aliphatic heterocycles. The second kappa shape index (κ2) is 10.9. The number of nitrogens with one attached hydrogen (secondary N) is 1. The molecule has 0 bridgehead atoms. The monoisotopic (exact) mass is 541 g/mol. The normalized spacial score (nSPS) is 17.2. The number of carbonyl (C=O) groups excluding carboxylic acids is 2.